The van der Waals surface area contributed by atoms with E-state index in [9.17, 15) is 13.9 Å². The van der Waals surface area contributed by atoms with Gasteiger partial charge in [0, 0.05) is 0 Å². The highest BCUT2D eigenvalue weighted by Gasteiger charge is 2.26. The van der Waals surface area contributed by atoms with Gasteiger partial charge in [0.15, 0.2) is 0 Å². The van der Waals surface area contributed by atoms with Gasteiger partial charge in [0.05, 0.1) is 6.10 Å². The van der Waals surface area contributed by atoms with Crippen molar-refractivity contribution in [3.05, 3.63) is 29.8 Å². The van der Waals surface area contributed by atoms with Crippen LogP contribution >= 0.6 is 0 Å². The molecule has 2 rings (SSSR count). The Morgan fingerprint density at radius 1 is 1.32 bits per heavy atom. The summed E-state index contributed by atoms with van der Waals surface area (Å²) in [5.41, 5.74) is 0.664. The van der Waals surface area contributed by atoms with Crippen LogP contribution in [0.1, 0.15) is 44.3 Å². The van der Waals surface area contributed by atoms with E-state index in [1.165, 1.54) is 18.6 Å². The Morgan fingerprint density at radius 2 is 2.11 bits per heavy atom. The van der Waals surface area contributed by atoms with Gasteiger partial charge in [-0.25, -0.2) is 0 Å². The second-order valence-electron chi connectivity index (χ2n) is 5.43. The summed E-state index contributed by atoms with van der Waals surface area (Å²) < 4.78 is 28.7. The molecule has 1 saturated carbocycles. The minimum Gasteiger partial charge on any atom is -0.435 e. The molecule has 4 heteroatoms. The molecule has 1 fully saturated rings. The molecule has 1 aromatic carbocycles. The number of halogens is 2. The predicted molar refractivity (Wildman–Crippen MR) is 69.2 cm³/mol. The average Bonchev–Trinajstić information content (AvgIpc) is 2.37. The summed E-state index contributed by atoms with van der Waals surface area (Å²) in [5.74, 6) is 0.940. The van der Waals surface area contributed by atoms with Crippen molar-refractivity contribution in [2.75, 3.05) is 0 Å². The highest BCUT2D eigenvalue weighted by molar-refractivity contribution is 5.30. The number of aliphatic hydroxyl groups excluding tert-OH is 1. The number of alkyl halides is 2. The smallest absolute Gasteiger partial charge is 0.387 e. The lowest BCUT2D eigenvalue weighted by Gasteiger charge is -2.30. The van der Waals surface area contributed by atoms with Gasteiger partial charge in [-0.1, -0.05) is 31.9 Å². The average molecular weight is 270 g/mol. The van der Waals surface area contributed by atoms with E-state index in [0.29, 0.717) is 11.5 Å². The first-order chi connectivity index (χ1) is 9.06. The van der Waals surface area contributed by atoms with E-state index in [1.54, 1.807) is 12.1 Å². The molecular formula is C15H20F2O2. The zero-order valence-electron chi connectivity index (χ0n) is 11.1. The van der Waals surface area contributed by atoms with Crippen molar-refractivity contribution < 1.29 is 18.6 Å². The fourth-order valence-electron chi connectivity index (χ4n) is 2.91. The van der Waals surface area contributed by atoms with Crippen LogP contribution in [0.25, 0.3) is 0 Å². The number of benzene rings is 1. The highest BCUT2D eigenvalue weighted by atomic mass is 19.3. The van der Waals surface area contributed by atoms with E-state index >= 15 is 0 Å². The van der Waals surface area contributed by atoms with Crippen molar-refractivity contribution >= 4 is 0 Å². The van der Waals surface area contributed by atoms with Crippen molar-refractivity contribution in [2.24, 2.45) is 11.8 Å². The number of hydrogen-bond donors (Lipinski definition) is 1. The zero-order chi connectivity index (χ0) is 13.8. The molecule has 0 spiro atoms. The lowest BCUT2D eigenvalue weighted by atomic mass is 9.78. The first-order valence-electron chi connectivity index (χ1n) is 6.79. The Hall–Kier alpha value is -1.16. The molecule has 0 radical (unpaired) electrons. The summed E-state index contributed by atoms with van der Waals surface area (Å²) in [6.07, 6.45) is 3.71. The molecule has 0 bridgehead atoms. The number of hydrogen-bond acceptors (Lipinski definition) is 2. The highest BCUT2D eigenvalue weighted by Crippen LogP contribution is 2.37. The maximum absolute atomic E-state index is 12.2. The summed E-state index contributed by atoms with van der Waals surface area (Å²) in [6.45, 7) is -0.642. The zero-order valence-corrected chi connectivity index (χ0v) is 11.1. The van der Waals surface area contributed by atoms with Gasteiger partial charge in [-0.2, -0.15) is 8.78 Å². The molecule has 0 aromatic heterocycles. The Balaban J connectivity index is 2.07. The van der Waals surface area contributed by atoms with Crippen LogP contribution in [0.2, 0.25) is 0 Å². The molecule has 0 heterocycles. The summed E-state index contributed by atoms with van der Waals surface area (Å²) >= 11 is 0. The largest absolute Gasteiger partial charge is 0.435 e. The van der Waals surface area contributed by atoms with E-state index in [-0.39, 0.29) is 11.7 Å². The fraction of sp³-hybridized carbons (Fsp3) is 0.600. The lowest BCUT2D eigenvalue weighted by Crippen LogP contribution is -2.20. The molecule has 1 aromatic rings. The number of ether oxygens (including phenoxy) is 1. The second-order valence-corrected chi connectivity index (χ2v) is 5.43. The maximum atomic E-state index is 12.2. The van der Waals surface area contributed by atoms with Crippen LogP contribution in [0.4, 0.5) is 8.78 Å². The van der Waals surface area contributed by atoms with Crippen molar-refractivity contribution in [2.45, 2.75) is 45.3 Å². The molecule has 1 aliphatic carbocycles. The van der Waals surface area contributed by atoms with Crippen LogP contribution < -0.4 is 4.74 Å². The molecule has 3 atom stereocenters. The van der Waals surface area contributed by atoms with Crippen LogP contribution in [0, 0.1) is 11.8 Å². The number of aliphatic hydroxyl groups is 1. The van der Waals surface area contributed by atoms with Gasteiger partial charge >= 0.3 is 6.61 Å². The van der Waals surface area contributed by atoms with Gasteiger partial charge in [0.2, 0.25) is 0 Å². The summed E-state index contributed by atoms with van der Waals surface area (Å²) in [6, 6.07) is 6.40. The van der Waals surface area contributed by atoms with Crippen molar-refractivity contribution in [1.82, 2.24) is 0 Å². The second kappa shape index (κ2) is 6.33. The summed E-state index contributed by atoms with van der Waals surface area (Å²) in [5, 5.41) is 10.4. The molecule has 0 amide bonds. The van der Waals surface area contributed by atoms with Crippen LogP contribution in [-0.4, -0.2) is 11.7 Å². The van der Waals surface area contributed by atoms with Crippen LogP contribution in [-0.2, 0) is 0 Å². The molecular weight excluding hydrogens is 250 g/mol. The third kappa shape index (κ3) is 3.90. The molecule has 2 nitrogen and oxygen atoms in total. The minimum absolute atomic E-state index is 0.107. The first kappa shape index (κ1) is 14.3. The van der Waals surface area contributed by atoms with Gasteiger partial charge in [-0.15, -0.1) is 0 Å². The summed E-state index contributed by atoms with van der Waals surface area (Å²) in [7, 11) is 0. The summed E-state index contributed by atoms with van der Waals surface area (Å²) in [4.78, 5) is 0. The molecule has 3 unspecified atom stereocenters. The van der Waals surface area contributed by atoms with E-state index in [4.69, 9.17) is 0 Å². The quantitative estimate of drug-likeness (QED) is 0.890. The fourth-order valence-corrected chi connectivity index (χ4v) is 2.91. The van der Waals surface area contributed by atoms with Crippen LogP contribution in [0.5, 0.6) is 5.75 Å². The maximum Gasteiger partial charge on any atom is 0.387 e. The van der Waals surface area contributed by atoms with Gasteiger partial charge in [0.25, 0.3) is 0 Å². The van der Waals surface area contributed by atoms with Gasteiger partial charge in [-0.05, 0) is 42.4 Å². The van der Waals surface area contributed by atoms with E-state index < -0.39 is 12.7 Å². The Labute approximate surface area is 112 Å². The SMILES string of the molecule is CC1CCCC(C(O)c2cccc(OC(F)F)c2)C1. The lowest BCUT2D eigenvalue weighted by molar-refractivity contribution is -0.0500. The number of rotatable bonds is 4. The topological polar surface area (TPSA) is 29.5 Å². The predicted octanol–water partition coefficient (Wildman–Crippen LogP) is 4.15. The standard InChI is InChI=1S/C15H20F2O2/c1-10-4-2-5-11(8-10)14(18)12-6-3-7-13(9-12)19-15(16)17/h3,6-7,9-11,14-15,18H,2,4-5,8H2,1H3. The van der Waals surface area contributed by atoms with Crippen molar-refractivity contribution in [3.63, 3.8) is 0 Å². The van der Waals surface area contributed by atoms with Crippen LogP contribution in [0.3, 0.4) is 0 Å². The van der Waals surface area contributed by atoms with E-state index in [2.05, 4.69) is 11.7 Å². The molecule has 19 heavy (non-hydrogen) atoms. The van der Waals surface area contributed by atoms with Crippen LogP contribution in [0.15, 0.2) is 24.3 Å². The minimum atomic E-state index is -2.83. The Morgan fingerprint density at radius 3 is 2.79 bits per heavy atom. The van der Waals surface area contributed by atoms with E-state index in [1.807, 2.05) is 0 Å². The molecule has 0 saturated heterocycles. The van der Waals surface area contributed by atoms with Gasteiger partial charge in [-0.3, -0.25) is 0 Å². The molecule has 0 aliphatic heterocycles. The third-order valence-corrected chi connectivity index (χ3v) is 3.85. The van der Waals surface area contributed by atoms with Crippen molar-refractivity contribution in [1.29, 1.82) is 0 Å². The van der Waals surface area contributed by atoms with Gasteiger partial charge < -0.3 is 9.84 Å². The molecule has 1 aliphatic rings. The molecule has 1 N–H and O–H groups in total. The monoisotopic (exact) mass is 270 g/mol. The Kier molecular flexibility index (Phi) is 4.75. The molecule has 106 valence electrons. The van der Waals surface area contributed by atoms with Gasteiger partial charge in [0.1, 0.15) is 5.75 Å². The normalized spacial score (nSPS) is 25.3. The third-order valence-electron chi connectivity index (χ3n) is 3.85. The first-order valence-corrected chi connectivity index (χ1v) is 6.79. The Bertz CT molecular complexity index is 409. The van der Waals surface area contributed by atoms with E-state index in [0.717, 1.165) is 19.3 Å². The van der Waals surface area contributed by atoms with Crippen molar-refractivity contribution in [3.8, 4) is 5.75 Å².